The van der Waals surface area contributed by atoms with Crippen LogP contribution in [0.3, 0.4) is 0 Å². The van der Waals surface area contributed by atoms with Crippen LogP contribution in [0.15, 0.2) is 18.7 Å². The average molecular weight is 282 g/mol. The average Bonchev–Trinajstić information content (AvgIpc) is 2.93. The molecule has 1 aromatic heterocycles. The van der Waals surface area contributed by atoms with E-state index < -0.39 is 30.6 Å². The second kappa shape index (κ2) is 4.56. The second-order valence-corrected chi connectivity index (χ2v) is 4.52. The van der Waals surface area contributed by atoms with Gasteiger partial charge in [-0.25, -0.2) is 4.98 Å². The van der Waals surface area contributed by atoms with Crippen LogP contribution in [-0.2, 0) is 9.47 Å². The van der Waals surface area contributed by atoms with Gasteiger partial charge in [-0.3, -0.25) is 9.36 Å². The van der Waals surface area contributed by atoms with Crippen molar-refractivity contribution in [1.29, 1.82) is 0 Å². The number of fused-ring (bicyclic) bond motifs is 1. The zero-order chi connectivity index (χ0) is 14.4. The summed E-state index contributed by atoms with van der Waals surface area (Å²) in [6.45, 7) is 3.61. The minimum atomic E-state index is -1.21. The molecule has 0 aliphatic carbocycles. The van der Waals surface area contributed by atoms with Crippen molar-refractivity contribution in [1.82, 2.24) is 14.9 Å². The number of hydrogen-bond acceptors (Lipinski definition) is 7. The van der Waals surface area contributed by atoms with Crippen LogP contribution in [0.1, 0.15) is 16.7 Å². The van der Waals surface area contributed by atoms with Gasteiger partial charge in [0.05, 0.1) is 6.33 Å². The Bertz CT molecular complexity index is 571. The summed E-state index contributed by atoms with van der Waals surface area (Å²) < 4.78 is 11.8. The maximum atomic E-state index is 11.7. The Kier molecular flexibility index (Phi) is 2.98. The fraction of sp³-hybridized carbons (Fsp3) is 0.455. The standard InChI is InChI=1S/C11H14N4O5/c1-4-13-8-5(9(18)14-4)12-3-15(8)10-6(16)7(17)11(19-2)20-10/h3,6-7,10-11,13,16-17H,1H2,2H3,(H,14,18). The van der Waals surface area contributed by atoms with Gasteiger partial charge >= 0.3 is 0 Å². The highest BCUT2D eigenvalue weighted by molar-refractivity contribution is 6.00. The van der Waals surface area contributed by atoms with Crippen molar-refractivity contribution in [2.45, 2.75) is 24.7 Å². The van der Waals surface area contributed by atoms with Gasteiger partial charge in [0.1, 0.15) is 23.8 Å². The smallest absolute Gasteiger partial charge is 0.279 e. The maximum absolute atomic E-state index is 11.7. The predicted octanol–water partition coefficient (Wildman–Crippen LogP) is -1.27. The van der Waals surface area contributed by atoms with Crippen LogP contribution < -0.4 is 10.6 Å². The summed E-state index contributed by atoms with van der Waals surface area (Å²) in [4.78, 5) is 15.7. The quantitative estimate of drug-likeness (QED) is 0.534. The molecule has 0 aromatic carbocycles. The van der Waals surface area contributed by atoms with Gasteiger partial charge in [-0.2, -0.15) is 0 Å². The highest BCUT2D eigenvalue weighted by atomic mass is 16.7. The van der Waals surface area contributed by atoms with Gasteiger partial charge in [0, 0.05) is 7.11 Å². The lowest BCUT2D eigenvalue weighted by molar-refractivity contribution is -0.160. The van der Waals surface area contributed by atoms with E-state index in [0.29, 0.717) is 11.6 Å². The van der Waals surface area contributed by atoms with E-state index in [0.717, 1.165) is 0 Å². The summed E-state index contributed by atoms with van der Waals surface area (Å²) in [5.74, 6) is 0.228. The number of aliphatic hydroxyl groups excluding tert-OH is 2. The van der Waals surface area contributed by atoms with Crippen LogP contribution in [0, 0.1) is 0 Å². The van der Waals surface area contributed by atoms with E-state index in [1.807, 2.05) is 0 Å². The van der Waals surface area contributed by atoms with Crippen LogP contribution in [-0.4, -0.2) is 51.3 Å². The number of nitrogens with zero attached hydrogens (tertiary/aromatic N) is 2. The number of anilines is 1. The summed E-state index contributed by atoms with van der Waals surface area (Å²) in [7, 11) is 1.36. The normalized spacial score (nSPS) is 32.8. The number of amides is 1. The third-order valence-corrected chi connectivity index (χ3v) is 3.24. The Morgan fingerprint density at radius 3 is 2.85 bits per heavy atom. The van der Waals surface area contributed by atoms with Gasteiger partial charge in [0.25, 0.3) is 5.91 Å². The topological polar surface area (TPSA) is 118 Å². The van der Waals surface area contributed by atoms with Crippen molar-refractivity contribution in [3.8, 4) is 0 Å². The fourth-order valence-electron chi connectivity index (χ4n) is 2.27. The van der Waals surface area contributed by atoms with Gasteiger partial charge in [-0.05, 0) is 0 Å². The van der Waals surface area contributed by atoms with Crippen LogP contribution in [0.4, 0.5) is 5.82 Å². The van der Waals surface area contributed by atoms with E-state index in [9.17, 15) is 15.0 Å². The third kappa shape index (κ3) is 1.79. The van der Waals surface area contributed by atoms with Crippen molar-refractivity contribution >= 4 is 11.7 Å². The molecular formula is C11H14N4O5. The molecular weight excluding hydrogens is 268 g/mol. The lowest BCUT2D eigenvalue weighted by Crippen LogP contribution is -2.35. The van der Waals surface area contributed by atoms with E-state index >= 15 is 0 Å². The first kappa shape index (κ1) is 13.1. The molecule has 9 heteroatoms. The van der Waals surface area contributed by atoms with Gasteiger partial charge in [0.2, 0.25) is 0 Å². The van der Waals surface area contributed by atoms with Crippen molar-refractivity contribution in [2.75, 3.05) is 12.4 Å². The number of carbonyl (C=O) groups is 1. The SMILES string of the molecule is C=C1NC(=O)c2ncn(C3OC(OC)C(O)C3O)c2N1. The number of aliphatic hydroxyl groups is 2. The molecule has 2 aliphatic heterocycles. The number of rotatable bonds is 2. The van der Waals surface area contributed by atoms with Crippen molar-refractivity contribution in [2.24, 2.45) is 0 Å². The summed E-state index contributed by atoms with van der Waals surface area (Å²) in [6.07, 6.45) is -2.93. The molecule has 4 atom stereocenters. The van der Waals surface area contributed by atoms with Gasteiger partial charge in [0.15, 0.2) is 18.2 Å². The van der Waals surface area contributed by atoms with Crippen LogP contribution in [0.5, 0.6) is 0 Å². The molecule has 4 unspecified atom stereocenters. The second-order valence-electron chi connectivity index (χ2n) is 4.52. The molecule has 20 heavy (non-hydrogen) atoms. The molecule has 0 bridgehead atoms. The van der Waals surface area contributed by atoms with Crippen LogP contribution in [0.2, 0.25) is 0 Å². The van der Waals surface area contributed by atoms with Crippen LogP contribution >= 0.6 is 0 Å². The van der Waals surface area contributed by atoms with Crippen LogP contribution in [0.25, 0.3) is 0 Å². The number of hydrogen-bond donors (Lipinski definition) is 4. The highest BCUT2D eigenvalue weighted by Crippen LogP contribution is 2.34. The minimum Gasteiger partial charge on any atom is -0.385 e. The van der Waals surface area contributed by atoms with Gasteiger partial charge in [-0.1, -0.05) is 6.58 Å². The van der Waals surface area contributed by atoms with Crippen molar-refractivity contribution in [3.05, 3.63) is 24.4 Å². The Balaban J connectivity index is 1.96. The first-order valence-electron chi connectivity index (χ1n) is 5.91. The Morgan fingerprint density at radius 1 is 1.45 bits per heavy atom. The molecule has 1 saturated heterocycles. The highest BCUT2D eigenvalue weighted by Gasteiger charge is 2.45. The number of imidazole rings is 1. The molecule has 3 heterocycles. The van der Waals surface area contributed by atoms with E-state index in [2.05, 4.69) is 22.2 Å². The summed E-state index contributed by atoms with van der Waals surface area (Å²) in [6, 6.07) is 0. The summed E-state index contributed by atoms with van der Waals surface area (Å²) in [5.41, 5.74) is 0.156. The molecule has 1 amide bonds. The number of methoxy groups -OCH3 is 1. The van der Waals surface area contributed by atoms with E-state index in [-0.39, 0.29) is 5.69 Å². The number of ether oxygens (including phenoxy) is 2. The minimum absolute atomic E-state index is 0.156. The van der Waals surface area contributed by atoms with E-state index in [1.54, 1.807) is 0 Å². The van der Waals surface area contributed by atoms with E-state index in [1.165, 1.54) is 18.0 Å². The molecule has 9 nitrogen and oxygen atoms in total. The predicted molar refractivity (Wildman–Crippen MR) is 65.4 cm³/mol. The molecule has 0 saturated carbocycles. The van der Waals surface area contributed by atoms with E-state index in [4.69, 9.17) is 9.47 Å². The molecule has 1 fully saturated rings. The van der Waals surface area contributed by atoms with Gasteiger partial charge in [-0.15, -0.1) is 0 Å². The number of nitrogens with one attached hydrogen (secondary N) is 2. The number of aromatic nitrogens is 2. The first-order valence-corrected chi connectivity index (χ1v) is 5.91. The zero-order valence-electron chi connectivity index (χ0n) is 10.6. The lowest BCUT2D eigenvalue weighted by atomic mass is 10.2. The maximum Gasteiger partial charge on any atom is 0.279 e. The summed E-state index contributed by atoms with van der Waals surface area (Å²) in [5, 5.41) is 25.1. The fourth-order valence-corrected chi connectivity index (χ4v) is 2.27. The largest absolute Gasteiger partial charge is 0.385 e. The molecule has 4 N–H and O–H groups in total. The molecule has 2 aliphatic rings. The van der Waals surface area contributed by atoms with Crippen molar-refractivity contribution in [3.63, 3.8) is 0 Å². The van der Waals surface area contributed by atoms with Gasteiger partial charge < -0.3 is 30.3 Å². The molecule has 3 rings (SSSR count). The monoisotopic (exact) mass is 282 g/mol. The Morgan fingerprint density at radius 2 is 2.20 bits per heavy atom. The Labute approximate surface area is 113 Å². The molecule has 1 aromatic rings. The molecule has 108 valence electrons. The number of carbonyl (C=O) groups excluding carboxylic acids is 1. The van der Waals surface area contributed by atoms with Crippen molar-refractivity contribution < 1.29 is 24.5 Å². The lowest BCUT2D eigenvalue weighted by Gasteiger charge is -2.22. The summed E-state index contributed by atoms with van der Waals surface area (Å²) >= 11 is 0. The molecule has 0 radical (unpaired) electrons. The third-order valence-electron chi connectivity index (χ3n) is 3.24. The zero-order valence-corrected chi connectivity index (χ0v) is 10.6. The molecule has 0 spiro atoms. The first-order chi connectivity index (χ1) is 9.52. The Hall–Kier alpha value is -1.94.